The van der Waals surface area contributed by atoms with E-state index in [1.807, 2.05) is 0 Å². The van der Waals surface area contributed by atoms with Gasteiger partial charge >= 0.3 is 24.0 Å². The number of esters is 2. The second kappa shape index (κ2) is 13.4. The molecule has 3 aliphatic heterocycles. The molecule has 0 spiro atoms. The molecule has 0 aliphatic carbocycles. The van der Waals surface area contributed by atoms with Gasteiger partial charge in [-0.2, -0.15) is 0 Å². The first kappa shape index (κ1) is 30.3. The lowest BCUT2D eigenvalue weighted by atomic mass is 10.2. The first-order valence-corrected chi connectivity index (χ1v) is 11.2. The van der Waals surface area contributed by atoms with Crippen LogP contribution >= 0.6 is 0 Å². The van der Waals surface area contributed by atoms with Gasteiger partial charge in [0, 0.05) is 19.3 Å². The Bertz CT molecular complexity index is 881. The van der Waals surface area contributed by atoms with Gasteiger partial charge in [0.25, 0.3) is 0 Å². The summed E-state index contributed by atoms with van der Waals surface area (Å²) < 4.78 is 14.1. The molecule has 14 nitrogen and oxygen atoms in total. The number of aliphatic carboxylic acids is 1. The summed E-state index contributed by atoms with van der Waals surface area (Å²) >= 11 is 0. The Kier molecular flexibility index (Phi) is 11.3. The van der Waals surface area contributed by atoms with E-state index in [9.17, 15) is 33.6 Å². The van der Waals surface area contributed by atoms with Crippen LogP contribution in [0.15, 0.2) is 0 Å². The maximum atomic E-state index is 11.8. The molecular formula is C22H33N3O11. The lowest BCUT2D eigenvalue weighted by Gasteiger charge is -2.26. The minimum absolute atomic E-state index is 0.0737. The van der Waals surface area contributed by atoms with Crippen LogP contribution in [0.25, 0.3) is 0 Å². The molecule has 14 heteroatoms. The first-order chi connectivity index (χ1) is 16.7. The van der Waals surface area contributed by atoms with Crippen LogP contribution in [0.1, 0.15) is 59.3 Å². The second-order valence-electron chi connectivity index (χ2n) is 9.00. The number of likely N-dealkylation sites (tertiary alicyclic amines) is 1. The van der Waals surface area contributed by atoms with Crippen molar-refractivity contribution in [1.29, 1.82) is 0 Å². The van der Waals surface area contributed by atoms with Crippen LogP contribution < -0.4 is 10.6 Å². The summed E-state index contributed by atoms with van der Waals surface area (Å²) in [5.74, 6) is -2.54. The number of carboxylic acids is 1. The van der Waals surface area contributed by atoms with Crippen LogP contribution in [0.2, 0.25) is 0 Å². The molecular weight excluding hydrogens is 482 g/mol. The third-order valence-electron chi connectivity index (χ3n) is 5.05. The van der Waals surface area contributed by atoms with E-state index in [-0.39, 0.29) is 30.6 Å². The van der Waals surface area contributed by atoms with E-state index in [4.69, 9.17) is 9.84 Å². The number of rotatable bonds is 3. The largest absolute Gasteiger partial charge is 0.480 e. The maximum Gasteiger partial charge on any atom is 0.417 e. The number of nitrogens with zero attached hydrogens (tertiary/aromatic N) is 1. The van der Waals surface area contributed by atoms with E-state index >= 15 is 0 Å². The molecule has 0 radical (unpaired) electrons. The first-order valence-electron chi connectivity index (χ1n) is 11.2. The third kappa shape index (κ3) is 9.50. The van der Waals surface area contributed by atoms with Gasteiger partial charge in [-0.25, -0.2) is 24.1 Å². The summed E-state index contributed by atoms with van der Waals surface area (Å²) in [5.41, 5.74) is -0.708. The fourth-order valence-corrected chi connectivity index (χ4v) is 3.32. The Morgan fingerprint density at radius 3 is 1.69 bits per heavy atom. The number of hydrogen-bond donors (Lipinski definition) is 3. The molecule has 202 valence electrons. The average Bonchev–Trinajstić information content (AvgIpc) is 3.52. The van der Waals surface area contributed by atoms with Crippen molar-refractivity contribution in [3.8, 4) is 0 Å². The molecule has 0 aromatic heterocycles. The minimum atomic E-state index is -0.944. The van der Waals surface area contributed by atoms with Crippen molar-refractivity contribution in [3.05, 3.63) is 0 Å². The minimum Gasteiger partial charge on any atom is -0.480 e. The fourth-order valence-electron chi connectivity index (χ4n) is 3.32. The van der Waals surface area contributed by atoms with Crippen molar-refractivity contribution in [3.63, 3.8) is 0 Å². The van der Waals surface area contributed by atoms with E-state index < -0.39 is 47.7 Å². The Hall–Kier alpha value is -3.71. The molecule has 3 fully saturated rings. The van der Waals surface area contributed by atoms with Crippen LogP contribution in [0.4, 0.5) is 4.79 Å². The van der Waals surface area contributed by atoms with E-state index in [0.717, 1.165) is 4.90 Å². The summed E-state index contributed by atoms with van der Waals surface area (Å²) in [4.78, 5) is 77.4. The van der Waals surface area contributed by atoms with Crippen molar-refractivity contribution in [1.82, 2.24) is 15.5 Å². The summed E-state index contributed by atoms with van der Waals surface area (Å²) in [6.45, 7) is 5.08. The van der Waals surface area contributed by atoms with Gasteiger partial charge in [-0.1, -0.05) is 0 Å². The van der Waals surface area contributed by atoms with Gasteiger partial charge in [-0.05, 0) is 40.0 Å². The van der Waals surface area contributed by atoms with E-state index in [1.54, 1.807) is 20.8 Å². The van der Waals surface area contributed by atoms with E-state index in [1.165, 1.54) is 14.2 Å². The number of methoxy groups -OCH3 is 2. The summed E-state index contributed by atoms with van der Waals surface area (Å²) in [7, 11) is 2.53. The molecule has 36 heavy (non-hydrogen) atoms. The van der Waals surface area contributed by atoms with Crippen molar-refractivity contribution in [2.75, 3.05) is 14.2 Å². The summed E-state index contributed by atoms with van der Waals surface area (Å²) in [6, 6.07) is -1.91. The zero-order chi connectivity index (χ0) is 27.6. The number of amides is 4. The van der Waals surface area contributed by atoms with Crippen LogP contribution in [0.5, 0.6) is 0 Å². The van der Waals surface area contributed by atoms with Crippen LogP contribution in [-0.4, -0.2) is 89.7 Å². The molecule has 3 aliphatic rings. The highest BCUT2D eigenvalue weighted by molar-refractivity contribution is 5.99. The van der Waals surface area contributed by atoms with Crippen molar-refractivity contribution in [2.45, 2.75) is 83.0 Å². The van der Waals surface area contributed by atoms with Crippen LogP contribution in [0, 0.1) is 0 Å². The Morgan fingerprint density at radius 2 is 1.33 bits per heavy atom. The van der Waals surface area contributed by atoms with Gasteiger partial charge in [0.1, 0.15) is 23.7 Å². The van der Waals surface area contributed by atoms with Crippen molar-refractivity contribution < 1.29 is 52.9 Å². The van der Waals surface area contributed by atoms with Crippen molar-refractivity contribution in [2.24, 2.45) is 0 Å². The topological polar surface area (TPSA) is 195 Å². The van der Waals surface area contributed by atoms with E-state index in [2.05, 4.69) is 20.1 Å². The monoisotopic (exact) mass is 515 g/mol. The predicted molar refractivity (Wildman–Crippen MR) is 120 cm³/mol. The van der Waals surface area contributed by atoms with Gasteiger partial charge < -0.3 is 30.0 Å². The van der Waals surface area contributed by atoms with Crippen LogP contribution in [0.3, 0.4) is 0 Å². The SMILES string of the molecule is COC(=O)[C@@H]1CCC(=O)N1.COC(=O)[C@@H]1CCC(=O)N1C(=O)OC(C)(C)C.O=C1CC[C@@H](C(=O)O)N1. The standard InChI is InChI=1S/C11H17NO5.C6H9NO3.C5H7NO3/c1-11(2,3)17-10(15)12-7(9(14)16-4)5-6-8(12)13;1-10-6(9)4-2-3-5(8)7-4;7-4-2-1-3(6-4)5(8)9/h7H,5-6H2,1-4H3;4H,2-3H2,1H3,(H,7,8);3H,1-2H2,(H,6,7)(H,8,9)/t7-;4-;3-/m000/s1. The molecule has 3 rings (SSSR count). The summed E-state index contributed by atoms with van der Waals surface area (Å²) in [6.07, 6.45) is 1.40. The van der Waals surface area contributed by atoms with Gasteiger partial charge in [0.2, 0.25) is 17.7 Å². The Labute approximate surface area is 208 Å². The van der Waals surface area contributed by atoms with Gasteiger partial charge in [0.05, 0.1) is 14.2 Å². The molecule has 4 amide bonds. The second-order valence-corrected chi connectivity index (χ2v) is 9.00. The number of hydrogen-bond acceptors (Lipinski definition) is 10. The highest BCUT2D eigenvalue weighted by Gasteiger charge is 2.43. The molecule has 3 saturated heterocycles. The van der Waals surface area contributed by atoms with E-state index in [0.29, 0.717) is 25.7 Å². The normalized spacial score (nSPS) is 22.8. The number of imide groups is 1. The number of nitrogens with one attached hydrogen (secondary N) is 2. The molecule has 0 bridgehead atoms. The number of carbonyl (C=O) groups is 7. The van der Waals surface area contributed by atoms with Gasteiger partial charge in [0.15, 0.2) is 0 Å². The van der Waals surface area contributed by atoms with Gasteiger partial charge in [-0.3, -0.25) is 14.4 Å². The molecule has 0 aromatic rings. The third-order valence-corrected chi connectivity index (χ3v) is 5.05. The zero-order valence-electron chi connectivity index (χ0n) is 21.0. The Balaban J connectivity index is 0.000000290. The van der Waals surface area contributed by atoms with Crippen molar-refractivity contribution >= 4 is 41.7 Å². The highest BCUT2D eigenvalue weighted by atomic mass is 16.6. The molecule has 0 saturated carbocycles. The molecule has 3 atom stereocenters. The zero-order valence-corrected chi connectivity index (χ0v) is 21.0. The summed E-state index contributed by atoms with van der Waals surface area (Å²) in [5, 5.41) is 13.1. The average molecular weight is 516 g/mol. The highest BCUT2D eigenvalue weighted by Crippen LogP contribution is 2.22. The number of carbonyl (C=O) groups excluding carboxylic acids is 6. The predicted octanol–water partition coefficient (Wildman–Crippen LogP) is -0.127. The maximum absolute atomic E-state index is 11.8. The lowest BCUT2D eigenvalue weighted by molar-refractivity contribution is -0.148. The molecule has 0 aromatic carbocycles. The molecule has 3 N–H and O–H groups in total. The molecule has 3 heterocycles. The van der Waals surface area contributed by atoms with Crippen LogP contribution in [-0.2, 0) is 43.0 Å². The van der Waals surface area contributed by atoms with Gasteiger partial charge in [-0.15, -0.1) is 0 Å². The fraction of sp³-hybridized carbons (Fsp3) is 0.682. The molecule has 0 unspecified atom stereocenters. The number of ether oxygens (including phenoxy) is 3. The Morgan fingerprint density at radius 1 is 0.833 bits per heavy atom. The smallest absolute Gasteiger partial charge is 0.417 e. The quantitative estimate of drug-likeness (QED) is 0.335. The number of carboxylic acid groups (broad SMARTS) is 1. The lowest BCUT2D eigenvalue weighted by Crippen LogP contribution is -2.45.